The van der Waals surface area contributed by atoms with Gasteiger partial charge >= 0.3 is 0 Å². The molecule has 1 aliphatic heterocycles. The molecule has 1 saturated heterocycles. The van der Waals surface area contributed by atoms with E-state index in [4.69, 9.17) is 22.1 Å². The standard InChI is InChI=1S/C14H21ClN2O/c1-14(9-16)5-6-17(10-14)8-11-3-4-13(18-2)12(15)7-11/h3-4,7H,5-6,8-10,16H2,1-2H3. The minimum Gasteiger partial charge on any atom is -0.495 e. The van der Waals surface area contributed by atoms with Crippen LogP contribution < -0.4 is 10.5 Å². The Bertz CT molecular complexity index is 424. The topological polar surface area (TPSA) is 38.5 Å². The zero-order valence-corrected chi connectivity index (χ0v) is 11.8. The Balaban J connectivity index is 2.01. The lowest BCUT2D eigenvalue weighted by atomic mass is 9.90. The molecule has 0 saturated carbocycles. The lowest BCUT2D eigenvalue weighted by molar-refractivity contribution is 0.274. The Labute approximate surface area is 114 Å². The molecule has 1 atom stereocenters. The Hall–Kier alpha value is -0.770. The van der Waals surface area contributed by atoms with Gasteiger partial charge in [-0.15, -0.1) is 0 Å². The summed E-state index contributed by atoms with van der Waals surface area (Å²) < 4.78 is 5.16. The molecule has 1 unspecified atom stereocenters. The molecule has 0 amide bonds. The first-order valence-electron chi connectivity index (χ1n) is 6.31. The predicted molar refractivity (Wildman–Crippen MR) is 75.1 cm³/mol. The molecule has 2 N–H and O–H groups in total. The smallest absolute Gasteiger partial charge is 0.137 e. The van der Waals surface area contributed by atoms with E-state index in [0.717, 1.165) is 31.9 Å². The molecule has 0 bridgehead atoms. The van der Waals surface area contributed by atoms with Gasteiger partial charge in [-0.3, -0.25) is 4.90 Å². The van der Waals surface area contributed by atoms with Crippen molar-refractivity contribution in [3.05, 3.63) is 28.8 Å². The number of methoxy groups -OCH3 is 1. The van der Waals surface area contributed by atoms with Gasteiger partial charge < -0.3 is 10.5 Å². The number of hydrogen-bond acceptors (Lipinski definition) is 3. The third kappa shape index (κ3) is 2.97. The molecular formula is C14H21ClN2O. The number of rotatable bonds is 4. The molecule has 100 valence electrons. The fourth-order valence-corrected chi connectivity index (χ4v) is 2.77. The average Bonchev–Trinajstić information content (AvgIpc) is 2.72. The number of benzene rings is 1. The molecular weight excluding hydrogens is 248 g/mol. The van der Waals surface area contributed by atoms with Gasteiger partial charge in [0.05, 0.1) is 12.1 Å². The van der Waals surface area contributed by atoms with Crippen LogP contribution in [0.5, 0.6) is 5.75 Å². The van der Waals surface area contributed by atoms with Crippen LogP contribution in [-0.4, -0.2) is 31.6 Å². The van der Waals surface area contributed by atoms with Crippen LogP contribution in [0.15, 0.2) is 18.2 Å². The van der Waals surface area contributed by atoms with Gasteiger partial charge in [0.1, 0.15) is 5.75 Å². The summed E-state index contributed by atoms with van der Waals surface area (Å²) in [5, 5.41) is 0.677. The molecule has 1 aromatic rings. The maximum Gasteiger partial charge on any atom is 0.137 e. The summed E-state index contributed by atoms with van der Waals surface area (Å²) in [4.78, 5) is 2.44. The second kappa shape index (κ2) is 5.47. The lowest BCUT2D eigenvalue weighted by Gasteiger charge is -2.22. The van der Waals surface area contributed by atoms with Crippen molar-refractivity contribution in [2.75, 3.05) is 26.7 Å². The van der Waals surface area contributed by atoms with Crippen LogP contribution in [0.4, 0.5) is 0 Å². The quantitative estimate of drug-likeness (QED) is 0.912. The van der Waals surface area contributed by atoms with Crippen LogP contribution in [0.3, 0.4) is 0 Å². The molecule has 4 heteroatoms. The minimum absolute atomic E-state index is 0.274. The summed E-state index contributed by atoms with van der Waals surface area (Å²) in [5.41, 5.74) is 7.32. The van der Waals surface area contributed by atoms with Crippen LogP contribution in [0.25, 0.3) is 0 Å². The summed E-state index contributed by atoms with van der Waals surface area (Å²) in [6.45, 7) is 6.12. The van der Waals surface area contributed by atoms with Crippen molar-refractivity contribution in [2.24, 2.45) is 11.1 Å². The van der Waals surface area contributed by atoms with Crippen molar-refractivity contribution in [1.29, 1.82) is 0 Å². The Morgan fingerprint density at radius 2 is 2.28 bits per heavy atom. The Kier molecular flexibility index (Phi) is 4.15. The third-order valence-corrected chi connectivity index (χ3v) is 4.05. The van der Waals surface area contributed by atoms with E-state index in [9.17, 15) is 0 Å². The van der Waals surface area contributed by atoms with Crippen molar-refractivity contribution >= 4 is 11.6 Å². The molecule has 1 aliphatic rings. The van der Waals surface area contributed by atoms with Crippen molar-refractivity contribution in [3.8, 4) is 5.75 Å². The molecule has 0 radical (unpaired) electrons. The SMILES string of the molecule is COc1ccc(CN2CCC(C)(CN)C2)cc1Cl. The zero-order chi connectivity index (χ0) is 13.2. The minimum atomic E-state index is 0.274. The molecule has 1 aromatic carbocycles. The van der Waals surface area contributed by atoms with Crippen LogP contribution in [0.1, 0.15) is 18.9 Å². The molecule has 18 heavy (non-hydrogen) atoms. The second-order valence-electron chi connectivity index (χ2n) is 5.44. The summed E-state index contributed by atoms with van der Waals surface area (Å²) >= 11 is 6.13. The van der Waals surface area contributed by atoms with E-state index in [1.54, 1.807) is 7.11 Å². The van der Waals surface area contributed by atoms with E-state index in [1.807, 2.05) is 12.1 Å². The van der Waals surface area contributed by atoms with E-state index in [0.29, 0.717) is 5.02 Å². The maximum absolute atomic E-state index is 6.13. The van der Waals surface area contributed by atoms with Crippen molar-refractivity contribution in [1.82, 2.24) is 4.90 Å². The van der Waals surface area contributed by atoms with Gasteiger partial charge in [0.15, 0.2) is 0 Å². The van der Waals surface area contributed by atoms with Gasteiger partial charge in [-0.2, -0.15) is 0 Å². The first-order valence-corrected chi connectivity index (χ1v) is 6.69. The van der Waals surface area contributed by atoms with Gasteiger partial charge in [-0.25, -0.2) is 0 Å². The van der Waals surface area contributed by atoms with Crippen LogP contribution in [-0.2, 0) is 6.54 Å². The summed E-state index contributed by atoms with van der Waals surface area (Å²) in [5.74, 6) is 0.730. The van der Waals surface area contributed by atoms with Crippen LogP contribution in [0.2, 0.25) is 5.02 Å². The van der Waals surface area contributed by atoms with E-state index in [2.05, 4.69) is 17.9 Å². The summed E-state index contributed by atoms with van der Waals surface area (Å²) in [6, 6.07) is 5.98. The van der Waals surface area contributed by atoms with E-state index >= 15 is 0 Å². The second-order valence-corrected chi connectivity index (χ2v) is 5.85. The lowest BCUT2D eigenvalue weighted by Crippen LogP contribution is -2.31. The third-order valence-electron chi connectivity index (χ3n) is 3.75. The maximum atomic E-state index is 6.13. The van der Waals surface area contributed by atoms with Crippen LogP contribution in [0, 0.1) is 5.41 Å². The molecule has 3 nitrogen and oxygen atoms in total. The number of ether oxygens (including phenoxy) is 1. The predicted octanol–water partition coefficient (Wildman–Crippen LogP) is 2.52. The largest absolute Gasteiger partial charge is 0.495 e. The average molecular weight is 269 g/mol. The fraction of sp³-hybridized carbons (Fsp3) is 0.571. The Morgan fingerprint density at radius 1 is 1.50 bits per heavy atom. The van der Waals surface area contributed by atoms with Crippen LogP contribution >= 0.6 is 11.6 Å². The number of hydrogen-bond donors (Lipinski definition) is 1. The monoisotopic (exact) mass is 268 g/mol. The number of likely N-dealkylation sites (tertiary alicyclic amines) is 1. The number of nitrogens with zero attached hydrogens (tertiary/aromatic N) is 1. The van der Waals surface area contributed by atoms with Gasteiger partial charge in [0, 0.05) is 13.1 Å². The van der Waals surface area contributed by atoms with E-state index in [-0.39, 0.29) is 5.41 Å². The highest BCUT2D eigenvalue weighted by atomic mass is 35.5. The molecule has 2 rings (SSSR count). The molecule has 0 spiro atoms. The fourth-order valence-electron chi connectivity index (χ4n) is 2.49. The highest BCUT2D eigenvalue weighted by Crippen LogP contribution is 2.31. The normalized spacial score (nSPS) is 24.4. The molecule has 1 heterocycles. The zero-order valence-electron chi connectivity index (χ0n) is 11.1. The van der Waals surface area contributed by atoms with E-state index < -0.39 is 0 Å². The first kappa shape index (κ1) is 13.7. The van der Waals surface area contributed by atoms with Crippen molar-refractivity contribution < 1.29 is 4.74 Å². The van der Waals surface area contributed by atoms with Gasteiger partial charge in [-0.05, 0) is 42.6 Å². The highest BCUT2D eigenvalue weighted by Gasteiger charge is 2.32. The summed E-state index contributed by atoms with van der Waals surface area (Å²) in [7, 11) is 1.63. The molecule has 0 aromatic heterocycles. The molecule has 1 fully saturated rings. The van der Waals surface area contributed by atoms with Gasteiger partial charge in [0.25, 0.3) is 0 Å². The number of halogens is 1. The number of nitrogens with two attached hydrogens (primary N) is 1. The van der Waals surface area contributed by atoms with Gasteiger partial charge in [0.2, 0.25) is 0 Å². The van der Waals surface area contributed by atoms with E-state index in [1.165, 1.54) is 12.0 Å². The molecule has 0 aliphatic carbocycles. The highest BCUT2D eigenvalue weighted by molar-refractivity contribution is 6.32. The van der Waals surface area contributed by atoms with Crippen molar-refractivity contribution in [2.45, 2.75) is 19.9 Å². The van der Waals surface area contributed by atoms with Gasteiger partial charge in [-0.1, -0.05) is 24.6 Å². The summed E-state index contributed by atoms with van der Waals surface area (Å²) in [6.07, 6.45) is 1.17. The van der Waals surface area contributed by atoms with Crippen molar-refractivity contribution in [3.63, 3.8) is 0 Å². The first-order chi connectivity index (χ1) is 8.56. The Morgan fingerprint density at radius 3 is 2.83 bits per heavy atom.